The third-order valence-electron chi connectivity index (χ3n) is 3.08. The van der Waals surface area contributed by atoms with Gasteiger partial charge in [-0.3, -0.25) is 14.6 Å². The van der Waals surface area contributed by atoms with E-state index in [-0.39, 0.29) is 10.6 Å². The lowest BCUT2D eigenvalue weighted by Crippen LogP contribution is -2.34. The Morgan fingerprint density at radius 1 is 1.00 bits per heavy atom. The van der Waals surface area contributed by atoms with Gasteiger partial charge in [-0.15, -0.1) is 0 Å². The highest BCUT2D eigenvalue weighted by atomic mass is 32.2. The second-order valence-corrected chi connectivity index (χ2v) is 7.19. The number of nitrogens with zero attached hydrogens (tertiary/aromatic N) is 2. The first-order valence-electron chi connectivity index (χ1n) is 6.66. The fourth-order valence-corrected chi connectivity index (χ4v) is 2.01. The molecule has 0 unspecified atom stereocenters. The van der Waals surface area contributed by atoms with Crippen molar-refractivity contribution in [2.75, 3.05) is 21.1 Å². The SMILES string of the molecule is C[N+](C)(C)c1ccc([N+](=O)[O-])c2ccccc12.O=S(=O)([O-])C(F)(F)F. The van der Waals surface area contributed by atoms with Crippen LogP contribution in [0.3, 0.4) is 0 Å². The van der Waals surface area contributed by atoms with E-state index in [0.717, 1.165) is 11.1 Å². The van der Waals surface area contributed by atoms with Gasteiger partial charge < -0.3 is 4.55 Å². The maximum atomic E-state index is 11.0. The lowest BCUT2D eigenvalue weighted by Gasteiger charge is -2.24. The summed E-state index contributed by atoms with van der Waals surface area (Å²) in [4.78, 5) is 10.6. The molecule has 0 aliphatic heterocycles. The van der Waals surface area contributed by atoms with E-state index in [2.05, 4.69) is 0 Å². The van der Waals surface area contributed by atoms with Gasteiger partial charge in [0.15, 0.2) is 10.1 Å². The molecule has 0 spiro atoms. The van der Waals surface area contributed by atoms with Gasteiger partial charge in [-0.25, -0.2) is 8.42 Å². The average molecular weight is 380 g/mol. The van der Waals surface area contributed by atoms with E-state index >= 15 is 0 Å². The van der Waals surface area contributed by atoms with E-state index in [1.165, 1.54) is 0 Å². The van der Waals surface area contributed by atoms with Crippen LogP contribution in [-0.4, -0.2) is 44.5 Å². The topological polar surface area (TPSA) is 100 Å². The molecule has 0 saturated carbocycles. The maximum absolute atomic E-state index is 11.0. The number of halogens is 3. The molecule has 0 aromatic heterocycles. The Kier molecular flexibility index (Phi) is 5.78. The number of fused-ring (bicyclic) bond motifs is 1. The number of non-ortho nitro benzene ring substituents is 1. The summed E-state index contributed by atoms with van der Waals surface area (Å²) in [7, 11) is 0.0574. The van der Waals surface area contributed by atoms with Crippen molar-refractivity contribution in [2.45, 2.75) is 5.51 Å². The number of quaternary nitrogens is 1. The van der Waals surface area contributed by atoms with Gasteiger partial charge in [0, 0.05) is 17.5 Å². The third-order valence-corrected chi connectivity index (χ3v) is 3.65. The third kappa shape index (κ3) is 5.11. The highest BCUT2D eigenvalue weighted by Crippen LogP contribution is 2.34. The fraction of sp³-hybridized carbons (Fsp3) is 0.286. The Morgan fingerprint density at radius 3 is 1.80 bits per heavy atom. The molecule has 11 heteroatoms. The van der Waals surface area contributed by atoms with Crippen LogP contribution < -0.4 is 4.48 Å². The Morgan fingerprint density at radius 2 is 1.44 bits per heavy atom. The lowest BCUT2D eigenvalue weighted by atomic mass is 10.1. The van der Waals surface area contributed by atoms with Crippen molar-refractivity contribution in [3.63, 3.8) is 0 Å². The summed E-state index contributed by atoms with van der Waals surface area (Å²) in [6.45, 7) is 0. The average Bonchev–Trinajstić information content (AvgIpc) is 2.43. The summed E-state index contributed by atoms with van der Waals surface area (Å²) < 4.78 is 59.5. The predicted octanol–water partition coefficient (Wildman–Crippen LogP) is 3.00. The van der Waals surface area contributed by atoms with Gasteiger partial charge >= 0.3 is 5.51 Å². The number of benzene rings is 2. The Bertz CT molecular complexity index is 889. The van der Waals surface area contributed by atoms with Crippen LogP contribution in [0.5, 0.6) is 0 Å². The minimum Gasteiger partial charge on any atom is -0.741 e. The van der Waals surface area contributed by atoms with Gasteiger partial charge in [0.2, 0.25) is 0 Å². The van der Waals surface area contributed by atoms with Crippen LogP contribution >= 0.6 is 0 Å². The first kappa shape index (κ1) is 20.8. The van der Waals surface area contributed by atoms with Gasteiger partial charge in [0.1, 0.15) is 5.69 Å². The second kappa shape index (κ2) is 6.94. The number of hydrogen-bond acceptors (Lipinski definition) is 5. The molecule has 0 amide bonds. The number of nitro benzene ring substituents is 1. The highest BCUT2D eigenvalue weighted by molar-refractivity contribution is 7.86. The molecule has 0 aliphatic carbocycles. The molecule has 0 atom stereocenters. The first-order valence-corrected chi connectivity index (χ1v) is 8.07. The molecule has 0 fully saturated rings. The number of rotatable bonds is 2. The summed E-state index contributed by atoms with van der Waals surface area (Å²) in [5.41, 5.74) is -4.41. The Balaban J connectivity index is 0.000000333. The molecule has 2 rings (SSSR count). The van der Waals surface area contributed by atoms with Crippen molar-refractivity contribution in [1.82, 2.24) is 4.48 Å². The molecular weight excluding hydrogens is 365 g/mol. The van der Waals surface area contributed by atoms with E-state index < -0.39 is 15.6 Å². The van der Waals surface area contributed by atoms with Crippen LogP contribution in [0.25, 0.3) is 10.8 Å². The monoisotopic (exact) mass is 380 g/mol. The predicted molar refractivity (Wildman–Crippen MR) is 85.9 cm³/mol. The van der Waals surface area contributed by atoms with Crippen molar-refractivity contribution in [3.05, 3.63) is 46.5 Å². The second-order valence-electron chi connectivity index (χ2n) is 5.82. The van der Waals surface area contributed by atoms with Crippen molar-refractivity contribution < 1.29 is 31.1 Å². The van der Waals surface area contributed by atoms with Gasteiger partial charge in [0.25, 0.3) is 5.69 Å². The van der Waals surface area contributed by atoms with Crippen molar-refractivity contribution in [1.29, 1.82) is 0 Å². The molecule has 2 aromatic rings. The van der Waals surface area contributed by atoms with Crippen molar-refractivity contribution in [3.8, 4) is 0 Å². The lowest BCUT2D eigenvalue weighted by molar-refractivity contribution is -0.383. The van der Waals surface area contributed by atoms with Crippen LogP contribution in [0.1, 0.15) is 0 Å². The van der Waals surface area contributed by atoms with Gasteiger partial charge in [-0.05, 0) is 12.1 Å². The van der Waals surface area contributed by atoms with E-state index in [1.54, 1.807) is 12.1 Å². The normalized spacial score (nSPS) is 12.4. The van der Waals surface area contributed by atoms with Crippen LogP contribution in [0.4, 0.5) is 24.5 Å². The summed E-state index contributed by atoms with van der Waals surface area (Å²) >= 11 is 0. The molecule has 0 radical (unpaired) electrons. The van der Waals surface area contributed by atoms with E-state index in [0.29, 0.717) is 9.87 Å². The molecule has 0 saturated heterocycles. The van der Waals surface area contributed by atoms with Gasteiger partial charge in [0.05, 0.1) is 31.5 Å². The van der Waals surface area contributed by atoms with E-state index in [1.807, 2.05) is 45.4 Å². The fourth-order valence-electron chi connectivity index (χ4n) is 2.01. The molecule has 25 heavy (non-hydrogen) atoms. The molecule has 0 bridgehead atoms. The number of hydrogen-bond donors (Lipinski definition) is 0. The molecule has 0 heterocycles. The Hall–Kier alpha value is -2.24. The standard InChI is InChI=1S/C13H15N2O2.CHF3O3S/c1-15(2,3)13-9-8-12(14(16)17)10-6-4-5-7-11(10)13;2-1(3,4)8(5,6)7/h4-9H,1-3H3;(H,5,6,7)/q+1;/p-1. The smallest absolute Gasteiger partial charge is 0.485 e. The van der Waals surface area contributed by atoms with Crippen LogP contribution in [0.2, 0.25) is 0 Å². The minimum atomic E-state index is -6.09. The number of alkyl halides is 3. The zero-order valence-electron chi connectivity index (χ0n) is 13.4. The molecule has 0 N–H and O–H groups in total. The van der Waals surface area contributed by atoms with Crippen LogP contribution in [-0.2, 0) is 10.1 Å². The van der Waals surface area contributed by atoms with E-state index in [9.17, 15) is 23.3 Å². The van der Waals surface area contributed by atoms with Gasteiger partial charge in [-0.1, -0.05) is 12.1 Å². The van der Waals surface area contributed by atoms with Crippen LogP contribution in [0, 0.1) is 10.1 Å². The maximum Gasteiger partial charge on any atom is 0.485 e. The summed E-state index contributed by atoms with van der Waals surface area (Å²) in [6.07, 6.45) is 0. The van der Waals surface area contributed by atoms with Crippen LogP contribution in [0.15, 0.2) is 36.4 Å². The molecule has 0 aliphatic rings. The zero-order valence-corrected chi connectivity index (χ0v) is 14.3. The molecular formula is C14H15F3N2O5S. The molecule has 7 nitrogen and oxygen atoms in total. The van der Waals surface area contributed by atoms with E-state index in [4.69, 9.17) is 13.0 Å². The largest absolute Gasteiger partial charge is 0.741 e. The summed E-state index contributed by atoms with van der Waals surface area (Å²) in [5.74, 6) is 0. The zero-order chi connectivity index (χ0) is 19.6. The minimum absolute atomic E-state index is 0.165. The number of nitro groups is 1. The molecule has 138 valence electrons. The quantitative estimate of drug-likeness (QED) is 0.262. The van der Waals surface area contributed by atoms with Crippen molar-refractivity contribution in [2.24, 2.45) is 0 Å². The highest BCUT2D eigenvalue weighted by Gasteiger charge is 2.36. The summed E-state index contributed by atoms with van der Waals surface area (Å²) in [6, 6.07) is 10.9. The Labute approximate surface area is 141 Å². The molecule has 2 aromatic carbocycles. The van der Waals surface area contributed by atoms with Crippen molar-refractivity contribution >= 4 is 32.3 Å². The first-order chi connectivity index (χ1) is 11.2. The van der Waals surface area contributed by atoms with Gasteiger partial charge in [-0.2, -0.15) is 13.2 Å². The summed E-state index contributed by atoms with van der Waals surface area (Å²) in [5, 5.41) is 12.6.